The Balaban J connectivity index is 2.06. The first-order chi connectivity index (χ1) is 15.7. The van der Waals surface area contributed by atoms with Gasteiger partial charge in [-0.15, -0.1) is 11.8 Å². The molecule has 3 aromatic carbocycles. The van der Waals surface area contributed by atoms with Crippen molar-refractivity contribution in [3.8, 4) is 0 Å². The van der Waals surface area contributed by atoms with E-state index in [2.05, 4.69) is 15.9 Å². The van der Waals surface area contributed by atoms with Crippen LogP contribution in [0.5, 0.6) is 0 Å². The number of benzene rings is 3. The van der Waals surface area contributed by atoms with Crippen molar-refractivity contribution in [2.45, 2.75) is 5.75 Å². The predicted molar refractivity (Wildman–Crippen MR) is 142 cm³/mol. The Labute approximate surface area is 220 Å². The van der Waals surface area contributed by atoms with E-state index in [1.165, 1.54) is 42.1 Å². The maximum Gasteiger partial charge on any atom is 0.335 e. The first-order valence-electron chi connectivity index (χ1n) is 9.27. The fourth-order valence-electron chi connectivity index (χ4n) is 2.81. The van der Waals surface area contributed by atoms with Crippen LogP contribution in [0.1, 0.15) is 31.8 Å². The molecule has 3 aromatic rings. The lowest BCUT2D eigenvalue weighted by Crippen LogP contribution is -2.05. The minimum atomic E-state index is -1.09. The van der Waals surface area contributed by atoms with E-state index in [1.54, 1.807) is 18.2 Å². The number of hydrogen-bond acceptors (Lipinski definition) is 5. The highest BCUT2D eigenvalue weighted by molar-refractivity contribution is 14.1. The molecule has 0 aromatic heterocycles. The van der Waals surface area contributed by atoms with Gasteiger partial charge in [-0.05, 0) is 73.9 Å². The highest BCUT2D eigenvalue weighted by Gasteiger charge is 2.21. The molecule has 1 N–H and O–H groups in total. The monoisotopic (exact) mass is 657 g/mol. The highest BCUT2D eigenvalue weighted by Crippen LogP contribution is 2.39. The van der Waals surface area contributed by atoms with Crippen LogP contribution in [0.3, 0.4) is 0 Å². The average Bonchev–Trinajstić information content (AvgIpc) is 2.80. The van der Waals surface area contributed by atoms with Crippen LogP contribution in [0.2, 0.25) is 5.02 Å². The van der Waals surface area contributed by atoms with E-state index in [9.17, 15) is 19.7 Å². The van der Waals surface area contributed by atoms with E-state index in [0.29, 0.717) is 34.9 Å². The van der Waals surface area contributed by atoms with Crippen molar-refractivity contribution >= 4 is 82.9 Å². The minimum absolute atomic E-state index is 0.0685. The van der Waals surface area contributed by atoms with Crippen molar-refractivity contribution in [3.63, 3.8) is 0 Å². The number of thioether (sulfide) groups is 1. The second kappa shape index (κ2) is 11.3. The van der Waals surface area contributed by atoms with E-state index in [0.717, 1.165) is 5.56 Å². The van der Waals surface area contributed by atoms with Gasteiger partial charge < -0.3 is 5.11 Å². The first-order valence-corrected chi connectivity index (χ1v) is 12.5. The van der Waals surface area contributed by atoms with Crippen molar-refractivity contribution in [1.82, 2.24) is 0 Å². The third kappa shape index (κ3) is 6.23. The fourth-order valence-corrected chi connectivity index (χ4v) is 5.58. The second-order valence-electron chi connectivity index (χ2n) is 6.66. The molecule has 6 nitrogen and oxygen atoms in total. The summed E-state index contributed by atoms with van der Waals surface area (Å²) in [5.74, 6) is -1.01. The zero-order valence-electron chi connectivity index (χ0n) is 16.6. The highest BCUT2D eigenvalue weighted by atomic mass is 127. The maximum atomic E-state index is 13.4. The van der Waals surface area contributed by atoms with Crippen LogP contribution >= 0.6 is 61.9 Å². The number of aromatic carboxylic acids is 1. The Hall–Kier alpha value is -2.21. The number of allylic oxidation sites excluding steroid dienone is 1. The molecule has 0 atom stereocenters. The van der Waals surface area contributed by atoms with Gasteiger partial charge in [0.15, 0.2) is 5.78 Å². The van der Waals surface area contributed by atoms with E-state index in [-0.39, 0.29) is 17.0 Å². The van der Waals surface area contributed by atoms with Crippen LogP contribution in [0, 0.1) is 10.1 Å². The number of carbonyl (C=O) groups is 2. The summed E-state index contributed by atoms with van der Waals surface area (Å²) in [6.07, 6.45) is 0. The van der Waals surface area contributed by atoms with Crippen molar-refractivity contribution in [2.75, 3.05) is 0 Å². The van der Waals surface area contributed by atoms with Crippen LogP contribution in [0.4, 0.5) is 5.69 Å². The first kappa shape index (κ1) is 25.4. The van der Waals surface area contributed by atoms with Gasteiger partial charge in [0.05, 0.1) is 19.9 Å². The summed E-state index contributed by atoms with van der Waals surface area (Å²) in [5, 5.41) is 21.1. The molecule has 0 heterocycles. The Bertz CT molecular complexity index is 1280. The summed E-state index contributed by atoms with van der Waals surface area (Å²) in [5.41, 5.74) is 1.61. The second-order valence-corrected chi connectivity index (χ2v) is 9.98. The van der Waals surface area contributed by atoms with Gasteiger partial charge in [0.1, 0.15) is 0 Å². The molecule has 0 bridgehead atoms. The number of carboxylic acids is 1. The molecule has 0 saturated heterocycles. The van der Waals surface area contributed by atoms with Crippen molar-refractivity contribution in [2.24, 2.45) is 0 Å². The van der Waals surface area contributed by atoms with Crippen molar-refractivity contribution in [3.05, 3.63) is 113 Å². The number of nitro groups is 1. The Morgan fingerprint density at radius 2 is 1.64 bits per heavy atom. The van der Waals surface area contributed by atoms with Crippen molar-refractivity contribution in [1.29, 1.82) is 0 Å². The van der Waals surface area contributed by atoms with Crippen LogP contribution in [-0.4, -0.2) is 21.8 Å². The molecule has 168 valence electrons. The normalized spacial score (nSPS) is 11.6. The molecule has 0 fully saturated rings. The number of Topliss-reactive ketones (excluding diaryl/α,β-unsaturated/α-hetero) is 1. The molecule has 3 rings (SSSR count). The van der Waals surface area contributed by atoms with Gasteiger partial charge in [0.2, 0.25) is 0 Å². The molecule has 0 spiro atoms. The smallest absolute Gasteiger partial charge is 0.335 e. The number of rotatable bonds is 8. The number of halogens is 3. The van der Waals surface area contributed by atoms with E-state index in [1.807, 2.05) is 40.8 Å². The van der Waals surface area contributed by atoms with E-state index >= 15 is 0 Å². The lowest BCUT2D eigenvalue weighted by atomic mass is 10.1. The molecule has 33 heavy (non-hydrogen) atoms. The number of hydrogen-bond donors (Lipinski definition) is 1. The van der Waals surface area contributed by atoms with Gasteiger partial charge in [-0.3, -0.25) is 14.9 Å². The number of carboxylic acid groups (broad SMARTS) is 1. The van der Waals surface area contributed by atoms with Crippen molar-refractivity contribution < 1.29 is 19.6 Å². The summed E-state index contributed by atoms with van der Waals surface area (Å²) < 4.78 is 0.869. The molecule has 0 aliphatic rings. The van der Waals surface area contributed by atoms with Gasteiger partial charge in [-0.2, -0.15) is 0 Å². The number of ketones is 1. The molecule has 0 amide bonds. The van der Waals surface area contributed by atoms with Crippen LogP contribution < -0.4 is 0 Å². The third-order valence-corrected chi connectivity index (χ3v) is 8.23. The fraction of sp³-hybridized carbons (Fsp3) is 0.0435. The Morgan fingerprint density at radius 3 is 2.24 bits per heavy atom. The molecule has 0 aliphatic carbocycles. The zero-order chi connectivity index (χ0) is 24.1. The zero-order valence-corrected chi connectivity index (χ0v) is 21.9. The number of nitrogens with zero attached hydrogens (tertiary/aromatic N) is 1. The van der Waals surface area contributed by atoms with Gasteiger partial charge in [0.25, 0.3) is 5.69 Å². The number of carbonyl (C=O) groups excluding carboxylic acids is 1. The Morgan fingerprint density at radius 1 is 1.03 bits per heavy atom. The van der Waals surface area contributed by atoms with Crippen LogP contribution in [0.15, 0.2) is 76.1 Å². The molecule has 10 heteroatoms. The SMILES string of the molecule is O=C(O)c1ccc(C(=O)C(SCc2ccccc2Cl)=C(I)c2ccc(Br)c([N+](=O)[O-])c2)cc1. The van der Waals surface area contributed by atoms with Gasteiger partial charge in [-0.1, -0.05) is 48.0 Å². The molecular weight excluding hydrogens is 645 g/mol. The number of nitro benzene ring substituents is 1. The minimum Gasteiger partial charge on any atom is -0.478 e. The predicted octanol–water partition coefficient (Wildman–Crippen LogP) is 7.63. The summed E-state index contributed by atoms with van der Waals surface area (Å²) >= 11 is 12.7. The molecular formula is C23H14BrClINO5S. The summed E-state index contributed by atoms with van der Waals surface area (Å²) in [4.78, 5) is 35.8. The van der Waals surface area contributed by atoms with E-state index < -0.39 is 10.9 Å². The summed E-state index contributed by atoms with van der Waals surface area (Å²) in [6, 6.07) is 17.6. The molecule has 0 saturated carbocycles. The maximum absolute atomic E-state index is 13.4. The van der Waals surface area contributed by atoms with E-state index in [4.69, 9.17) is 16.7 Å². The average molecular weight is 659 g/mol. The van der Waals surface area contributed by atoms with Gasteiger partial charge in [-0.25, -0.2) is 4.79 Å². The molecule has 0 aliphatic heterocycles. The lowest BCUT2D eigenvalue weighted by molar-refractivity contribution is -0.385. The largest absolute Gasteiger partial charge is 0.478 e. The van der Waals surface area contributed by atoms with Crippen LogP contribution in [-0.2, 0) is 5.75 Å². The molecule has 0 unspecified atom stereocenters. The lowest BCUT2D eigenvalue weighted by Gasteiger charge is -2.12. The Kier molecular flexibility index (Phi) is 8.69. The van der Waals surface area contributed by atoms with Gasteiger partial charge in [0, 0.05) is 26.0 Å². The third-order valence-electron chi connectivity index (χ3n) is 4.53. The van der Waals surface area contributed by atoms with Gasteiger partial charge >= 0.3 is 5.97 Å². The standard InChI is InChI=1S/C23H14BrClINO5S/c24-17-10-9-15(11-19(17)27(31)32)20(26)22(33-12-16-3-1-2-4-18(16)25)21(28)13-5-7-14(8-6-13)23(29)30/h1-11H,12H2,(H,29,30). The topological polar surface area (TPSA) is 97.5 Å². The molecule has 0 radical (unpaired) electrons. The summed E-state index contributed by atoms with van der Waals surface area (Å²) in [6.45, 7) is 0. The van der Waals surface area contributed by atoms with Crippen LogP contribution in [0.25, 0.3) is 3.58 Å². The summed E-state index contributed by atoms with van der Waals surface area (Å²) in [7, 11) is 0. The quantitative estimate of drug-likeness (QED) is 0.0879.